The van der Waals surface area contributed by atoms with Crippen molar-refractivity contribution in [3.8, 4) is 5.69 Å². The zero-order valence-corrected chi connectivity index (χ0v) is 18.3. The van der Waals surface area contributed by atoms with Crippen molar-refractivity contribution in [2.75, 3.05) is 11.1 Å². The van der Waals surface area contributed by atoms with Crippen molar-refractivity contribution in [2.24, 2.45) is 5.73 Å². The Labute approximate surface area is 187 Å². The van der Waals surface area contributed by atoms with Crippen molar-refractivity contribution < 1.29 is 9.59 Å². The van der Waals surface area contributed by atoms with E-state index in [-0.39, 0.29) is 11.7 Å². The van der Waals surface area contributed by atoms with Crippen LogP contribution in [0.15, 0.2) is 59.8 Å². The summed E-state index contributed by atoms with van der Waals surface area (Å²) < 4.78 is 2.06. The van der Waals surface area contributed by atoms with E-state index in [9.17, 15) is 9.59 Å². The lowest BCUT2D eigenvalue weighted by Crippen LogP contribution is -2.19. The van der Waals surface area contributed by atoms with Crippen LogP contribution < -0.4 is 11.1 Å². The molecular weight excluding hydrogens is 428 g/mol. The number of fused-ring (bicyclic) bond motifs is 2. The van der Waals surface area contributed by atoms with Gasteiger partial charge in [0.15, 0.2) is 5.16 Å². The van der Waals surface area contributed by atoms with Crippen molar-refractivity contribution >= 4 is 50.9 Å². The second-order valence-electron chi connectivity index (χ2n) is 7.32. The Hall–Kier alpha value is -3.10. The first-order valence-electron chi connectivity index (χ1n) is 10.0. The standard InChI is InChI=1S/C23H20N4O2S2/c24-21(29)20-15-9-6-12-18(15)31-22(20)26-19(28)13-30-23-25-16-10-4-5-11-17(16)27(23)14-7-2-1-3-8-14/h1-5,7-8,10-11H,6,9,12-13H2,(H2,24,29)(H,26,28). The summed E-state index contributed by atoms with van der Waals surface area (Å²) in [4.78, 5) is 30.6. The largest absolute Gasteiger partial charge is 0.365 e. The molecule has 1 aliphatic rings. The van der Waals surface area contributed by atoms with Crippen molar-refractivity contribution in [1.29, 1.82) is 0 Å². The van der Waals surface area contributed by atoms with Crippen molar-refractivity contribution in [3.05, 3.63) is 70.6 Å². The van der Waals surface area contributed by atoms with E-state index in [2.05, 4.69) is 9.88 Å². The molecule has 5 rings (SSSR count). The number of thiophene rings is 1. The Kier molecular flexibility index (Phi) is 5.25. The number of amides is 2. The number of thioether (sulfide) groups is 1. The van der Waals surface area contributed by atoms with Gasteiger partial charge in [-0.15, -0.1) is 11.3 Å². The molecular formula is C23H20N4O2S2. The molecule has 4 aromatic rings. The fourth-order valence-corrected chi connectivity index (χ4v) is 6.11. The Morgan fingerprint density at radius 1 is 1.10 bits per heavy atom. The third-order valence-corrected chi connectivity index (χ3v) is 7.44. The minimum absolute atomic E-state index is 0.178. The quantitative estimate of drug-likeness (QED) is 0.428. The first-order chi connectivity index (χ1) is 15.1. The molecule has 0 radical (unpaired) electrons. The van der Waals surface area contributed by atoms with Crippen LogP contribution in [0.2, 0.25) is 0 Å². The number of nitrogens with two attached hydrogens (primary N) is 1. The van der Waals surface area contributed by atoms with Crippen LogP contribution in [-0.4, -0.2) is 27.1 Å². The first kappa shape index (κ1) is 19.8. The molecule has 2 amide bonds. The smallest absolute Gasteiger partial charge is 0.251 e. The number of aryl methyl sites for hydroxylation is 1. The third kappa shape index (κ3) is 3.73. The van der Waals surface area contributed by atoms with Crippen molar-refractivity contribution in [1.82, 2.24) is 9.55 Å². The van der Waals surface area contributed by atoms with Gasteiger partial charge in [-0.2, -0.15) is 0 Å². The monoisotopic (exact) mass is 448 g/mol. The lowest BCUT2D eigenvalue weighted by atomic mass is 10.1. The molecule has 2 aromatic heterocycles. The van der Waals surface area contributed by atoms with E-state index in [4.69, 9.17) is 10.7 Å². The number of hydrogen-bond acceptors (Lipinski definition) is 5. The van der Waals surface area contributed by atoms with E-state index in [0.29, 0.717) is 10.6 Å². The molecule has 2 aromatic carbocycles. The number of aromatic nitrogens is 2. The summed E-state index contributed by atoms with van der Waals surface area (Å²) >= 11 is 2.84. The average molecular weight is 449 g/mol. The van der Waals surface area contributed by atoms with Crippen molar-refractivity contribution in [2.45, 2.75) is 24.4 Å². The molecule has 0 bridgehead atoms. The molecule has 1 aliphatic carbocycles. The number of benzene rings is 2. The van der Waals surface area contributed by atoms with Gasteiger partial charge >= 0.3 is 0 Å². The molecule has 31 heavy (non-hydrogen) atoms. The van der Waals surface area contributed by atoms with Crippen LogP contribution in [0.5, 0.6) is 0 Å². The van der Waals surface area contributed by atoms with Crippen LogP contribution in [0.25, 0.3) is 16.7 Å². The minimum atomic E-state index is -0.478. The van der Waals surface area contributed by atoms with Crippen LogP contribution in [0.1, 0.15) is 27.2 Å². The number of nitrogens with zero attached hydrogens (tertiary/aromatic N) is 2. The van der Waals surface area contributed by atoms with E-state index in [1.165, 1.54) is 23.1 Å². The van der Waals surface area contributed by atoms with Crippen LogP contribution in [0.3, 0.4) is 0 Å². The lowest BCUT2D eigenvalue weighted by Gasteiger charge is -2.09. The number of anilines is 1. The first-order valence-corrected chi connectivity index (χ1v) is 11.8. The number of para-hydroxylation sites is 3. The summed E-state index contributed by atoms with van der Waals surface area (Å²) in [5.74, 6) is -0.482. The van der Waals surface area contributed by atoms with Gasteiger partial charge in [0.05, 0.1) is 22.3 Å². The minimum Gasteiger partial charge on any atom is -0.365 e. The summed E-state index contributed by atoms with van der Waals surface area (Å²) in [6.45, 7) is 0. The predicted molar refractivity (Wildman–Crippen MR) is 125 cm³/mol. The maximum absolute atomic E-state index is 12.7. The van der Waals surface area contributed by atoms with Gasteiger partial charge in [-0.25, -0.2) is 4.98 Å². The molecule has 0 aliphatic heterocycles. The number of hydrogen-bond donors (Lipinski definition) is 2. The molecule has 0 unspecified atom stereocenters. The van der Waals surface area contributed by atoms with Gasteiger partial charge in [0.2, 0.25) is 5.91 Å². The van der Waals surface area contributed by atoms with Crippen LogP contribution >= 0.6 is 23.1 Å². The highest BCUT2D eigenvalue weighted by Crippen LogP contribution is 2.39. The van der Waals surface area contributed by atoms with Gasteiger partial charge in [0.25, 0.3) is 5.91 Å². The number of carbonyl (C=O) groups is 2. The molecule has 2 heterocycles. The molecule has 0 saturated carbocycles. The van der Waals surface area contributed by atoms with Crippen LogP contribution in [-0.2, 0) is 17.6 Å². The molecule has 0 spiro atoms. The topological polar surface area (TPSA) is 90.0 Å². The van der Waals surface area contributed by atoms with E-state index >= 15 is 0 Å². The number of rotatable bonds is 6. The summed E-state index contributed by atoms with van der Waals surface area (Å²) in [6.07, 6.45) is 2.81. The summed E-state index contributed by atoms with van der Waals surface area (Å²) in [7, 11) is 0. The van der Waals surface area contributed by atoms with Gasteiger partial charge in [0, 0.05) is 10.6 Å². The number of carbonyl (C=O) groups excluding carboxylic acids is 2. The Bertz CT molecular complexity index is 1290. The highest BCUT2D eigenvalue weighted by Gasteiger charge is 2.26. The number of imidazole rings is 1. The molecule has 6 nitrogen and oxygen atoms in total. The Balaban J connectivity index is 1.39. The van der Waals surface area contributed by atoms with Crippen LogP contribution in [0, 0.1) is 0 Å². The van der Waals surface area contributed by atoms with Gasteiger partial charge in [-0.1, -0.05) is 42.1 Å². The maximum atomic E-state index is 12.7. The molecule has 0 saturated heterocycles. The van der Waals surface area contributed by atoms with E-state index in [1.54, 1.807) is 0 Å². The summed E-state index contributed by atoms with van der Waals surface area (Å²) in [6, 6.07) is 17.9. The Morgan fingerprint density at radius 3 is 2.68 bits per heavy atom. The number of primary amides is 1. The fraction of sp³-hybridized carbons (Fsp3) is 0.174. The van der Waals surface area contributed by atoms with Gasteiger partial charge in [0.1, 0.15) is 5.00 Å². The third-order valence-electron chi connectivity index (χ3n) is 5.30. The summed E-state index contributed by atoms with van der Waals surface area (Å²) in [5, 5.41) is 4.22. The zero-order chi connectivity index (χ0) is 21.4. The molecule has 0 atom stereocenters. The lowest BCUT2D eigenvalue weighted by molar-refractivity contribution is -0.113. The average Bonchev–Trinajstić information content (AvgIpc) is 3.44. The maximum Gasteiger partial charge on any atom is 0.251 e. The van der Waals surface area contributed by atoms with E-state index < -0.39 is 5.91 Å². The zero-order valence-electron chi connectivity index (χ0n) is 16.6. The SMILES string of the molecule is NC(=O)c1c(NC(=O)CSc2nc3ccccc3n2-c2ccccc2)sc2c1CCC2. The van der Waals surface area contributed by atoms with Gasteiger partial charge in [-0.3, -0.25) is 14.2 Å². The van der Waals surface area contributed by atoms with E-state index in [0.717, 1.165) is 51.6 Å². The fourth-order valence-electron chi connectivity index (χ4n) is 3.97. The predicted octanol–water partition coefficient (Wildman–Crippen LogP) is 4.41. The van der Waals surface area contributed by atoms with E-state index in [1.807, 2.05) is 54.6 Å². The molecule has 3 N–H and O–H groups in total. The second kappa shape index (κ2) is 8.20. The van der Waals surface area contributed by atoms with Crippen molar-refractivity contribution in [3.63, 3.8) is 0 Å². The second-order valence-corrected chi connectivity index (χ2v) is 9.36. The number of nitrogens with one attached hydrogen (secondary N) is 1. The summed E-state index contributed by atoms with van der Waals surface area (Å²) in [5.41, 5.74) is 9.94. The highest BCUT2D eigenvalue weighted by molar-refractivity contribution is 7.99. The Morgan fingerprint density at radius 2 is 1.87 bits per heavy atom. The molecule has 156 valence electrons. The normalized spacial score (nSPS) is 12.8. The highest BCUT2D eigenvalue weighted by atomic mass is 32.2. The van der Waals surface area contributed by atoms with Crippen LogP contribution in [0.4, 0.5) is 5.00 Å². The molecule has 0 fully saturated rings. The van der Waals surface area contributed by atoms with Gasteiger partial charge < -0.3 is 11.1 Å². The molecule has 8 heteroatoms. The van der Waals surface area contributed by atoms with Gasteiger partial charge in [-0.05, 0) is 49.1 Å².